The summed E-state index contributed by atoms with van der Waals surface area (Å²) in [4.78, 5) is 11.7. The van der Waals surface area contributed by atoms with Gasteiger partial charge in [-0.2, -0.15) is 8.78 Å². The molecule has 4 nitrogen and oxygen atoms in total. The first kappa shape index (κ1) is 18.0. The van der Waals surface area contributed by atoms with Crippen LogP contribution in [0.4, 0.5) is 8.78 Å². The fourth-order valence-electron chi connectivity index (χ4n) is 1.91. The van der Waals surface area contributed by atoms with Crippen LogP contribution in [-0.2, 0) is 11.2 Å². The molecule has 24 heavy (non-hydrogen) atoms. The van der Waals surface area contributed by atoms with Crippen LogP contribution in [0.5, 0.6) is 11.5 Å². The highest BCUT2D eigenvalue weighted by molar-refractivity contribution is 6.30. The van der Waals surface area contributed by atoms with E-state index < -0.39 is 6.61 Å². The molecule has 1 amide bonds. The molecule has 0 radical (unpaired) electrons. The van der Waals surface area contributed by atoms with Gasteiger partial charge >= 0.3 is 6.61 Å². The molecule has 2 aromatic rings. The summed E-state index contributed by atoms with van der Waals surface area (Å²) in [5.74, 6) is 0.418. The number of carbonyl (C=O) groups excluding carboxylic acids is 1. The van der Waals surface area contributed by atoms with Crippen molar-refractivity contribution in [3.05, 3.63) is 59.1 Å². The first-order valence-corrected chi connectivity index (χ1v) is 7.59. The number of hydrogen-bond donors (Lipinski definition) is 1. The number of ether oxygens (including phenoxy) is 2. The standard InChI is InChI=1S/C17H16ClF2NO3/c18-13-3-7-14(8-4-13)23-11-16(22)21-10-9-12-1-5-15(6-2-12)24-17(19)20/h1-8,17H,9-11H2,(H,21,22). The quantitative estimate of drug-likeness (QED) is 0.785. The van der Waals surface area contributed by atoms with Crippen molar-refractivity contribution >= 4 is 17.5 Å². The first-order chi connectivity index (χ1) is 11.5. The summed E-state index contributed by atoms with van der Waals surface area (Å²) in [5, 5.41) is 3.31. The Balaban J connectivity index is 1.67. The fraction of sp³-hybridized carbons (Fsp3) is 0.235. The maximum Gasteiger partial charge on any atom is 0.387 e. The van der Waals surface area contributed by atoms with E-state index >= 15 is 0 Å². The predicted octanol–water partition coefficient (Wildman–Crippen LogP) is 3.68. The molecular weight excluding hydrogens is 340 g/mol. The third-order valence-corrected chi connectivity index (χ3v) is 3.32. The van der Waals surface area contributed by atoms with Crippen LogP contribution >= 0.6 is 11.6 Å². The second kappa shape index (κ2) is 9.08. The van der Waals surface area contributed by atoms with Crippen molar-refractivity contribution < 1.29 is 23.0 Å². The molecule has 2 aromatic carbocycles. The zero-order chi connectivity index (χ0) is 17.4. The Morgan fingerprint density at radius 2 is 1.67 bits per heavy atom. The van der Waals surface area contributed by atoms with Crippen molar-refractivity contribution in [3.8, 4) is 11.5 Å². The van der Waals surface area contributed by atoms with Crippen LogP contribution in [0.25, 0.3) is 0 Å². The maximum atomic E-state index is 12.0. The summed E-state index contributed by atoms with van der Waals surface area (Å²) < 4.78 is 33.7. The molecule has 2 rings (SSSR count). The highest BCUT2D eigenvalue weighted by Gasteiger charge is 2.05. The van der Waals surface area contributed by atoms with Crippen LogP contribution in [-0.4, -0.2) is 25.7 Å². The number of hydrogen-bond acceptors (Lipinski definition) is 3. The van der Waals surface area contributed by atoms with Crippen LogP contribution in [0, 0.1) is 0 Å². The number of benzene rings is 2. The third kappa shape index (κ3) is 6.42. The number of halogens is 3. The first-order valence-electron chi connectivity index (χ1n) is 7.22. The van der Waals surface area contributed by atoms with E-state index in [1.807, 2.05) is 0 Å². The van der Waals surface area contributed by atoms with Crippen LogP contribution in [0.3, 0.4) is 0 Å². The van der Waals surface area contributed by atoms with Gasteiger partial charge in [0.1, 0.15) is 11.5 Å². The normalized spacial score (nSPS) is 10.5. The van der Waals surface area contributed by atoms with Gasteiger partial charge in [-0.3, -0.25) is 4.79 Å². The van der Waals surface area contributed by atoms with E-state index in [0.717, 1.165) is 5.56 Å². The predicted molar refractivity (Wildman–Crippen MR) is 86.7 cm³/mol. The number of amides is 1. The van der Waals surface area contributed by atoms with Crippen molar-refractivity contribution in [2.45, 2.75) is 13.0 Å². The highest BCUT2D eigenvalue weighted by Crippen LogP contribution is 2.16. The molecule has 0 aliphatic rings. The largest absolute Gasteiger partial charge is 0.484 e. The summed E-state index contributed by atoms with van der Waals surface area (Å²) in [5.41, 5.74) is 0.899. The number of nitrogens with one attached hydrogen (secondary N) is 1. The molecule has 0 aliphatic carbocycles. The molecule has 0 saturated carbocycles. The van der Waals surface area contributed by atoms with Gasteiger partial charge in [0.25, 0.3) is 5.91 Å². The topological polar surface area (TPSA) is 47.6 Å². The number of alkyl halides is 2. The Morgan fingerprint density at radius 3 is 2.29 bits per heavy atom. The van der Waals surface area contributed by atoms with E-state index in [2.05, 4.69) is 10.1 Å². The van der Waals surface area contributed by atoms with Crippen molar-refractivity contribution in [1.82, 2.24) is 5.32 Å². The molecular formula is C17H16ClF2NO3. The van der Waals surface area contributed by atoms with E-state index in [9.17, 15) is 13.6 Å². The number of rotatable bonds is 8. The lowest BCUT2D eigenvalue weighted by Gasteiger charge is -2.08. The molecule has 0 bridgehead atoms. The van der Waals surface area contributed by atoms with Gasteiger partial charge in [-0.25, -0.2) is 0 Å². The Bertz CT molecular complexity index is 648. The van der Waals surface area contributed by atoms with Gasteiger partial charge in [0.2, 0.25) is 0 Å². The van der Waals surface area contributed by atoms with Crippen LogP contribution in [0.15, 0.2) is 48.5 Å². The van der Waals surface area contributed by atoms with E-state index in [-0.39, 0.29) is 18.3 Å². The molecule has 7 heteroatoms. The molecule has 128 valence electrons. The van der Waals surface area contributed by atoms with Gasteiger partial charge in [-0.05, 0) is 48.4 Å². The smallest absolute Gasteiger partial charge is 0.387 e. The second-order valence-electron chi connectivity index (χ2n) is 4.87. The lowest BCUT2D eigenvalue weighted by molar-refractivity contribution is -0.123. The molecule has 0 fully saturated rings. The van der Waals surface area contributed by atoms with Crippen molar-refractivity contribution in [3.63, 3.8) is 0 Å². The summed E-state index contributed by atoms with van der Waals surface area (Å²) in [6.07, 6.45) is 0.571. The Labute approximate surface area is 143 Å². The Kier molecular flexibility index (Phi) is 6.81. The molecule has 0 heterocycles. The molecule has 0 spiro atoms. The molecule has 0 aromatic heterocycles. The molecule has 0 aliphatic heterocycles. The molecule has 0 saturated heterocycles. The summed E-state index contributed by atoms with van der Waals surface area (Å²) in [7, 11) is 0. The lowest BCUT2D eigenvalue weighted by atomic mass is 10.1. The van der Waals surface area contributed by atoms with E-state index in [4.69, 9.17) is 16.3 Å². The van der Waals surface area contributed by atoms with Gasteiger partial charge in [0.15, 0.2) is 6.61 Å². The highest BCUT2D eigenvalue weighted by atomic mass is 35.5. The molecule has 0 unspecified atom stereocenters. The Hall–Kier alpha value is -2.34. The van der Waals surface area contributed by atoms with E-state index in [1.165, 1.54) is 12.1 Å². The summed E-state index contributed by atoms with van der Waals surface area (Å²) >= 11 is 5.76. The van der Waals surface area contributed by atoms with Gasteiger partial charge in [-0.1, -0.05) is 23.7 Å². The van der Waals surface area contributed by atoms with Crippen molar-refractivity contribution in [1.29, 1.82) is 0 Å². The zero-order valence-electron chi connectivity index (χ0n) is 12.7. The summed E-state index contributed by atoms with van der Waals surface area (Å²) in [6, 6.07) is 13.0. The van der Waals surface area contributed by atoms with Gasteiger partial charge in [0.05, 0.1) is 0 Å². The van der Waals surface area contributed by atoms with Crippen LogP contribution in [0.2, 0.25) is 5.02 Å². The maximum absolute atomic E-state index is 12.0. The fourth-order valence-corrected chi connectivity index (χ4v) is 2.04. The van der Waals surface area contributed by atoms with E-state index in [1.54, 1.807) is 36.4 Å². The van der Waals surface area contributed by atoms with Crippen molar-refractivity contribution in [2.75, 3.05) is 13.2 Å². The molecule has 1 N–H and O–H groups in total. The average molecular weight is 356 g/mol. The minimum Gasteiger partial charge on any atom is -0.484 e. The van der Waals surface area contributed by atoms with Crippen LogP contribution < -0.4 is 14.8 Å². The minimum absolute atomic E-state index is 0.0944. The van der Waals surface area contributed by atoms with Gasteiger partial charge < -0.3 is 14.8 Å². The van der Waals surface area contributed by atoms with Crippen LogP contribution in [0.1, 0.15) is 5.56 Å². The second-order valence-corrected chi connectivity index (χ2v) is 5.30. The minimum atomic E-state index is -2.84. The van der Waals surface area contributed by atoms with Crippen molar-refractivity contribution in [2.24, 2.45) is 0 Å². The molecule has 0 atom stereocenters. The average Bonchev–Trinajstić information content (AvgIpc) is 2.55. The SMILES string of the molecule is O=C(COc1ccc(Cl)cc1)NCCc1ccc(OC(F)F)cc1. The summed E-state index contributed by atoms with van der Waals surface area (Å²) in [6.45, 7) is -2.52. The van der Waals surface area contributed by atoms with E-state index in [0.29, 0.717) is 23.7 Å². The lowest BCUT2D eigenvalue weighted by Crippen LogP contribution is -2.30. The van der Waals surface area contributed by atoms with Gasteiger partial charge in [0, 0.05) is 11.6 Å². The zero-order valence-corrected chi connectivity index (χ0v) is 13.4. The monoisotopic (exact) mass is 355 g/mol. The Morgan fingerprint density at radius 1 is 1.04 bits per heavy atom. The number of carbonyl (C=O) groups is 1. The third-order valence-electron chi connectivity index (χ3n) is 3.07. The van der Waals surface area contributed by atoms with Gasteiger partial charge in [-0.15, -0.1) is 0 Å².